The molecule has 0 aliphatic rings. The molecule has 8 nitrogen and oxygen atoms in total. The molecule has 3 rings (SSSR count). The van der Waals surface area contributed by atoms with Crippen molar-refractivity contribution in [1.29, 1.82) is 5.41 Å². The molecule has 0 aliphatic heterocycles. The number of amidine groups is 1. The summed E-state index contributed by atoms with van der Waals surface area (Å²) in [6.45, 7) is 0. The zero-order valence-corrected chi connectivity index (χ0v) is 11.5. The number of hydrogen-bond donors (Lipinski definition) is 2. The number of rotatable bonds is 4. The maximum Gasteiger partial charge on any atom is 0.221 e. The highest BCUT2D eigenvalue weighted by atomic mass is 32.2. The van der Waals surface area contributed by atoms with Crippen LogP contribution in [0.25, 0.3) is 5.69 Å². The number of aromatic nitrogens is 6. The van der Waals surface area contributed by atoms with Crippen molar-refractivity contribution in [2.45, 2.75) is 10.3 Å². The minimum absolute atomic E-state index is 0.109. The number of nitrogens with one attached hydrogen (secondary N) is 1. The highest BCUT2D eigenvalue weighted by Crippen LogP contribution is 2.23. The van der Waals surface area contributed by atoms with Crippen LogP contribution in [0.4, 0.5) is 0 Å². The van der Waals surface area contributed by atoms with Crippen molar-refractivity contribution in [1.82, 2.24) is 30.2 Å². The predicted molar refractivity (Wildman–Crippen MR) is 76.3 cm³/mol. The monoisotopic (exact) mass is 298 g/mol. The molecule has 3 N–H and O–H groups in total. The number of hydrogen-bond acceptors (Lipinski definition) is 7. The van der Waals surface area contributed by atoms with Crippen LogP contribution in [0.5, 0.6) is 0 Å². The zero-order chi connectivity index (χ0) is 14.7. The lowest BCUT2D eigenvalue weighted by Crippen LogP contribution is -2.13. The van der Waals surface area contributed by atoms with Crippen LogP contribution in [0.1, 0.15) is 5.69 Å². The molecule has 3 aromatic rings. The van der Waals surface area contributed by atoms with Crippen molar-refractivity contribution in [2.75, 3.05) is 0 Å². The van der Waals surface area contributed by atoms with Crippen LogP contribution >= 0.6 is 11.8 Å². The van der Waals surface area contributed by atoms with Gasteiger partial charge in [-0.1, -0.05) is 18.2 Å². The van der Waals surface area contributed by atoms with Gasteiger partial charge in [-0.05, 0) is 40.4 Å². The van der Waals surface area contributed by atoms with E-state index in [0.29, 0.717) is 16.0 Å². The Bertz CT molecular complexity index is 770. The summed E-state index contributed by atoms with van der Waals surface area (Å²) in [5.41, 5.74) is 6.62. The molecule has 0 unspecified atom stereocenters. The highest BCUT2D eigenvalue weighted by molar-refractivity contribution is 7.99. The lowest BCUT2D eigenvalue weighted by molar-refractivity contribution is 0.754. The third kappa shape index (κ3) is 2.87. The molecule has 0 fully saturated rings. The summed E-state index contributed by atoms with van der Waals surface area (Å²) in [5, 5.41) is 19.9. The van der Waals surface area contributed by atoms with Gasteiger partial charge in [0.1, 0.15) is 11.5 Å². The van der Waals surface area contributed by atoms with Crippen molar-refractivity contribution in [2.24, 2.45) is 5.73 Å². The summed E-state index contributed by atoms with van der Waals surface area (Å²) in [6, 6.07) is 11.1. The molecule has 2 heterocycles. The molecule has 1 aromatic carbocycles. The number of nitrogens with zero attached hydrogens (tertiary/aromatic N) is 6. The lowest BCUT2D eigenvalue weighted by Gasteiger charge is -2.03. The lowest BCUT2D eigenvalue weighted by atomic mass is 10.3. The fourth-order valence-corrected chi connectivity index (χ4v) is 2.32. The van der Waals surface area contributed by atoms with E-state index >= 15 is 0 Å². The summed E-state index contributed by atoms with van der Waals surface area (Å²) >= 11 is 1.20. The fraction of sp³-hybridized carbons (Fsp3) is 0. The van der Waals surface area contributed by atoms with Crippen LogP contribution < -0.4 is 5.73 Å². The molecule has 0 bridgehead atoms. The quantitative estimate of drug-likeness (QED) is 0.417. The number of para-hydroxylation sites is 1. The average molecular weight is 298 g/mol. The first-order valence-corrected chi connectivity index (χ1v) is 6.75. The Balaban J connectivity index is 1.92. The van der Waals surface area contributed by atoms with Crippen LogP contribution in [-0.2, 0) is 0 Å². The standard InChI is InChI=1S/C12H10N8S/c13-10(14)9-6-7-15-11(16-9)21-12-17-18-19-20(12)8-4-2-1-3-5-8/h1-7H,(H3,13,14). The van der Waals surface area contributed by atoms with Crippen LogP contribution in [0, 0.1) is 5.41 Å². The smallest absolute Gasteiger partial charge is 0.221 e. The maximum absolute atomic E-state index is 7.39. The molecule has 2 aromatic heterocycles. The molecule has 0 spiro atoms. The van der Waals surface area contributed by atoms with E-state index in [2.05, 4.69) is 25.5 Å². The second-order valence-electron chi connectivity index (χ2n) is 3.95. The molecule has 0 saturated carbocycles. The van der Waals surface area contributed by atoms with E-state index in [1.54, 1.807) is 16.9 Å². The van der Waals surface area contributed by atoms with E-state index in [9.17, 15) is 0 Å². The highest BCUT2D eigenvalue weighted by Gasteiger charge is 2.12. The van der Waals surface area contributed by atoms with Crippen molar-refractivity contribution < 1.29 is 0 Å². The molecule has 0 amide bonds. The van der Waals surface area contributed by atoms with E-state index in [1.165, 1.54) is 11.8 Å². The van der Waals surface area contributed by atoms with Crippen molar-refractivity contribution in [3.63, 3.8) is 0 Å². The average Bonchev–Trinajstić information content (AvgIpc) is 2.96. The zero-order valence-electron chi connectivity index (χ0n) is 10.7. The summed E-state index contributed by atoms with van der Waals surface area (Å²) in [7, 11) is 0. The molecule has 104 valence electrons. The largest absolute Gasteiger partial charge is 0.382 e. The Morgan fingerprint density at radius 1 is 1.19 bits per heavy atom. The fourth-order valence-electron chi connectivity index (χ4n) is 1.60. The molecule has 21 heavy (non-hydrogen) atoms. The van der Waals surface area contributed by atoms with Crippen LogP contribution in [0.3, 0.4) is 0 Å². The van der Waals surface area contributed by atoms with Gasteiger partial charge in [0.2, 0.25) is 5.16 Å². The van der Waals surface area contributed by atoms with E-state index < -0.39 is 0 Å². The van der Waals surface area contributed by atoms with Gasteiger partial charge in [-0.2, -0.15) is 4.68 Å². The van der Waals surface area contributed by atoms with Crippen LogP contribution in [0.2, 0.25) is 0 Å². The molecule has 0 saturated heterocycles. The topological polar surface area (TPSA) is 119 Å². The molecule has 0 radical (unpaired) electrons. The number of nitrogens with two attached hydrogens (primary N) is 1. The minimum Gasteiger partial charge on any atom is -0.382 e. The van der Waals surface area contributed by atoms with Crippen molar-refractivity contribution >= 4 is 17.6 Å². The third-order valence-electron chi connectivity index (χ3n) is 2.53. The van der Waals surface area contributed by atoms with Crippen molar-refractivity contribution in [3.8, 4) is 5.69 Å². The second kappa shape index (κ2) is 5.67. The van der Waals surface area contributed by atoms with Gasteiger partial charge in [0.05, 0.1) is 5.69 Å². The van der Waals surface area contributed by atoms with E-state index in [1.807, 2.05) is 30.3 Å². The van der Waals surface area contributed by atoms with Crippen molar-refractivity contribution in [3.05, 3.63) is 48.3 Å². The number of nitrogen functional groups attached to an aromatic ring is 1. The third-order valence-corrected chi connectivity index (χ3v) is 3.35. The van der Waals surface area contributed by atoms with Crippen LogP contribution in [-0.4, -0.2) is 36.0 Å². The van der Waals surface area contributed by atoms with Gasteiger partial charge in [-0.25, -0.2) is 9.97 Å². The second-order valence-corrected chi connectivity index (χ2v) is 4.88. The SMILES string of the molecule is N=C(N)c1ccnc(Sc2nnnn2-c2ccccc2)n1. The minimum atomic E-state index is -0.109. The van der Waals surface area contributed by atoms with E-state index in [-0.39, 0.29) is 5.84 Å². The van der Waals surface area contributed by atoms with Gasteiger partial charge >= 0.3 is 0 Å². The van der Waals surface area contributed by atoms with Gasteiger partial charge in [0.15, 0.2) is 5.16 Å². The van der Waals surface area contributed by atoms with Gasteiger partial charge in [0.25, 0.3) is 0 Å². The molecular formula is C12H10N8S. The van der Waals surface area contributed by atoms with E-state index in [4.69, 9.17) is 11.1 Å². The Kier molecular flexibility index (Phi) is 3.56. The van der Waals surface area contributed by atoms with Gasteiger partial charge in [-0.3, -0.25) is 5.41 Å². The first-order chi connectivity index (χ1) is 10.2. The molecule has 0 aliphatic carbocycles. The number of tetrazole rings is 1. The summed E-state index contributed by atoms with van der Waals surface area (Å²) in [5.74, 6) is -0.109. The Morgan fingerprint density at radius 3 is 2.76 bits per heavy atom. The first-order valence-electron chi connectivity index (χ1n) is 5.93. The summed E-state index contributed by atoms with van der Waals surface area (Å²) in [6.07, 6.45) is 1.54. The van der Waals surface area contributed by atoms with Gasteiger partial charge in [0, 0.05) is 6.20 Å². The normalized spacial score (nSPS) is 10.5. The predicted octanol–water partition coefficient (Wildman–Crippen LogP) is 0.888. The Labute approximate surface area is 123 Å². The molecule has 9 heteroatoms. The van der Waals surface area contributed by atoms with Crippen LogP contribution in [0.15, 0.2) is 52.9 Å². The molecular weight excluding hydrogens is 288 g/mol. The summed E-state index contributed by atoms with van der Waals surface area (Å²) < 4.78 is 1.59. The summed E-state index contributed by atoms with van der Waals surface area (Å²) in [4.78, 5) is 8.30. The molecule has 0 atom stereocenters. The Hall–Kier alpha value is -2.81. The Morgan fingerprint density at radius 2 is 2.00 bits per heavy atom. The van der Waals surface area contributed by atoms with Gasteiger partial charge < -0.3 is 5.73 Å². The first kappa shape index (κ1) is 13.2. The van der Waals surface area contributed by atoms with Gasteiger partial charge in [-0.15, -0.1) is 5.10 Å². The van der Waals surface area contributed by atoms with E-state index in [0.717, 1.165) is 5.69 Å². The number of benzene rings is 1. The maximum atomic E-state index is 7.39.